The molecule has 9 heteroatoms. The molecule has 0 amide bonds. The van der Waals surface area contributed by atoms with Crippen LogP contribution in [-0.2, 0) is 11.3 Å². The average molecular weight is 495 g/mol. The van der Waals surface area contributed by atoms with Crippen LogP contribution in [0.5, 0.6) is 0 Å². The molecule has 3 aromatic rings. The molecule has 2 aliphatic heterocycles. The van der Waals surface area contributed by atoms with Crippen molar-refractivity contribution in [1.29, 1.82) is 0 Å². The summed E-state index contributed by atoms with van der Waals surface area (Å²) in [6.07, 6.45) is 7.28. The number of H-pyrrole nitrogens is 1. The molecule has 1 saturated carbocycles. The van der Waals surface area contributed by atoms with Gasteiger partial charge >= 0.3 is 5.97 Å². The van der Waals surface area contributed by atoms with Crippen molar-refractivity contribution in [3.8, 4) is 11.1 Å². The zero-order valence-corrected chi connectivity index (χ0v) is 20.0. The number of nitrogens with one attached hydrogen (secondary N) is 1. The summed E-state index contributed by atoms with van der Waals surface area (Å²) in [5.74, 6) is -1.37. The maximum Gasteiger partial charge on any atom is 0.354 e. The van der Waals surface area contributed by atoms with Crippen molar-refractivity contribution in [2.45, 2.75) is 76.2 Å². The number of hydrogen-bond donors (Lipinski definition) is 2. The van der Waals surface area contributed by atoms with E-state index in [9.17, 15) is 18.7 Å². The van der Waals surface area contributed by atoms with Crippen LogP contribution in [0.3, 0.4) is 0 Å². The fraction of sp³-hybridized carbons (Fsp3) is 0.444. The van der Waals surface area contributed by atoms with Crippen LogP contribution < -0.4 is 4.90 Å². The van der Waals surface area contributed by atoms with E-state index in [1.165, 1.54) is 24.3 Å². The van der Waals surface area contributed by atoms with Crippen LogP contribution in [-0.4, -0.2) is 44.2 Å². The maximum absolute atomic E-state index is 14.6. The van der Waals surface area contributed by atoms with Gasteiger partial charge in [-0.2, -0.15) is 0 Å². The van der Waals surface area contributed by atoms with Crippen molar-refractivity contribution in [2.24, 2.45) is 0 Å². The first-order valence-electron chi connectivity index (χ1n) is 12.5. The summed E-state index contributed by atoms with van der Waals surface area (Å²) in [5, 5.41) is 9.41. The second-order valence-electron chi connectivity index (χ2n) is 10.2. The number of fused-ring (bicyclic) bond motifs is 2. The molecular formula is C27H28F2N4O3. The van der Waals surface area contributed by atoms with Gasteiger partial charge in [-0.15, -0.1) is 0 Å². The third-order valence-electron chi connectivity index (χ3n) is 7.69. The zero-order valence-electron chi connectivity index (χ0n) is 20.0. The number of hydrogen-bond acceptors (Lipinski definition) is 5. The fourth-order valence-corrected chi connectivity index (χ4v) is 5.91. The Hall–Kier alpha value is -3.33. The number of halogens is 2. The second kappa shape index (κ2) is 8.96. The molecular weight excluding hydrogens is 466 g/mol. The standard InChI is InChI=1S/C27H28F2N4O3/c1-14-9-23(26(34)35)32-27(31-14)33-16-7-8-17(33)11-18(10-16)36-13-20-19(12-30-25(20)15-5-6-15)24-21(28)3-2-4-22(24)29/h2-4,9,12,15-18,30H,5-8,10-11,13H2,1H3,(H,34,35). The molecule has 0 spiro atoms. The third kappa shape index (κ3) is 4.15. The number of aryl methyl sites for hydroxylation is 1. The molecule has 3 fully saturated rings. The number of nitrogens with zero attached hydrogens (tertiary/aromatic N) is 3. The minimum Gasteiger partial charge on any atom is -0.477 e. The molecule has 188 valence electrons. The van der Waals surface area contributed by atoms with Crippen LogP contribution in [0.1, 0.15) is 71.9 Å². The predicted octanol–water partition coefficient (Wildman–Crippen LogP) is 5.35. The lowest BCUT2D eigenvalue weighted by molar-refractivity contribution is 0.0148. The molecule has 2 unspecified atom stereocenters. The van der Waals surface area contributed by atoms with Gasteiger partial charge in [0.15, 0.2) is 5.69 Å². The Morgan fingerprint density at radius 1 is 1.14 bits per heavy atom. The molecule has 2 aromatic heterocycles. The molecule has 7 nitrogen and oxygen atoms in total. The minimum atomic E-state index is -1.06. The number of rotatable bonds is 7. The largest absolute Gasteiger partial charge is 0.477 e. The van der Waals surface area contributed by atoms with E-state index in [4.69, 9.17) is 4.74 Å². The predicted molar refractivity (Wildman–Crippen MR) is 129 cm³/mol. The number of ether oxygens (including phenoxy) is 1. The average Bonchev–Trinajstić information content (AvgIpc) is 3.54. The van der Waals surface area contributed by atoms with E-state index in [1.54, 1.807) is 13.1 Å². The number of benzene rings is 1. The number of aromatic nitrogens is 3. The number of carboxylic acids is 1. The molecule has 0 radical (unpaired) electrons. The van der Waals surface area contributed by atoms with Crippen molar-refractivity contribution >= 4 is 11.9 Å². The van der Waals surface area contributed by atoms with Gasteiger partial charge in [-0.1, -0.05) is 6.07 Å². The van der Waals surface area contributed by atoms with Gasteiger partial charge in [0.2, 0.25) is 5.95 Å². The lowest BCUT2D eigenvalue weighted by Crippen LogP contribution is -2.46. The topological polar surface area (TPSA) is 91.3 Å². The van der Waals surface area contributed by atoms with Crippen LogP contribution in [0.2, 0.25) is 0 Å². The first-order valence-corrected chi connectivity index (χ1v) is 12.5. The Morgan fingerprint density at radius 3 is 2.47 bits per heavy atom. The van der Waals surface area contributed by atoms with E-state index in [-0.39, 0.29) is 36.1 Å². The number of anilines is 1. The number of piperidine rings is 1. The summed E-state index contributed by atoms with van der Waals surface area (Å²) in [5.41, 5.74) is 3.00. The normalized spacial score (nSPS) is 23.3. The Morgan fingerprint density at radius 2 is 1.83 bits per heavy atom. The van der Waals surface area contributed by atoms with Crippen molar-refractivity contribution in [3.05, 3.63) is 64.7 Å². The lowest BCUT2D eigenvalue weighted by Gasteiger charge is -2.39. The first-order chi connectivity index (χ1) is 17.4. The van der Waals surface area contributed by atoms with E-state index in [0.717, 1.165) is 49.8 Å². The highest BCUT2D eigenvalue weighted by atomic mass is 19.1. The Kier molecular flexibility index (Phi) is 5.75. The van der Waals surface area contributed by atoms with Crippen molar-refractivity contribution in [1.82, 2.24) is 15.0 Å². The zero-order chi connectivity index (χ0) is 25.0. The van der Waals surface area contributed by atoms with Gasteiger partial charge in [-0.3, -0.25) is 0 Å². The van der Waals surface area contributed by atoms with Crippen molar-refractivity contribution in [2.75, 3.05) is 4.90 Å². The van der Waals surface area contributed by atoms with Gasteiger partial charge in [0.1, 0.15) is 11.6 Å². The van der Waals surface area contributed by atoms with E-state index < -0.39 is 17.6 Å². The number of carboxylic acid groups (broad SMARTS) is 1. The van der Waals surface area contributed by atoms with Gasteiger partial charge in [0.25, 0.3) is 0 Å². The van der Waals surface area contributed by atoms with Gasteiger partial charge in [-0.05, 0) is 69.6 Å². The number of aromatic amines is 1. The first kappa shape index (κ1) is 23.1. The van der Waals surface area contributed by atoms with E-state index >= 15 is 0 Å². The van der Waals surface area contributed by atoms with E-state index in [0.29, 0.717) is 23.1 Å². The van der Waals surface area contributed by atoms with E-state index in [1.807, 2.05) is 0 Å². The van der Waals surface area contributed by atoms with Crippen molar-refractivity contribution in [3.63, 3.8) is 0 Å². The molecule has 2 atom stereocenters. The van der Waals surface area contributed by atoms with Crippen molar-refractivity contribution < 1.29 is 23.4 Å². The highest BCUT2D eigenvalue weighted by molar-refractivity contribution is 5.85. The number of carbonyl (C=O) groups is 1. The van der Waals surface area contributed by atoms with E-state index in [2.05, 4.69) is 19.9 Å². The van der Waals surface area contributed by atoms with Crippen LogP contribution >= 0.6 is 0 Å². The molecule has 1 aliphatic carbocycles. The van der Waals surface area contributed by atoms with Crippen LogP contribution in [0.25, 0.3) is 11.1 Å². The van der Waals surface area contributed by atoms with Crippen LogP contribution in [0.4, 0.5) is 14.7 Å². The monoisotopic (exact) mass is 494 g/mol. The Bertz CT molecular complexity index is 1290. The number of aromatic carboxylic acids is 1. The Balaban J connectivity index is 1.21. The van der Waals surface area contributed by atoms with Gasteiger partial charge in [0.05, 0.1) is 18.3 Å². The quantitative estimate of drug-likeness (QED) is 0.460. The van der Waals surface area contributed by atoms with Gasteiger partial charge < -0.3 is 19.7 Å². The smallest absolute Gasteiger partial charge is 0.354 e. The molecule has 3 aliphatic rings. The summed E-state index contributed by atoms with van der Waals surface area (Å²) < 4.78 is 35.6. The van der Waals surface area contributed by atoms with Gasteiger partial charge in [0, 0.05) is 40.8 Å². The minimum absolute atomic E-state index is 0.00300. The summed E-state index contributed by atoms with van der Waals surface area (Å²) >= 11 is 0. The second-order valence-corrected chi connectivity index (χ2v) is 10.2. The lowest BCUT2D eigenvalue weighted by atomic mass is 9.99. The summed E-state index contributed by atoms with van der Waals surface area (Å²) in [6.45, 7) is 2.06. The summed E-state index contributed by atoms with van der Waals surface area (Å²) in [6, 6.07) is 5.74. The maximum atomic E-state index is 14.6. The third-order valence-corrected chi connectivity index (χ3v) is 7.69. The fourth-order valence-electron chi connectivity index (χ4n) is 5.91. The SMILES string of the molecule is Cc1cc(C(=O)O)nc(N2C3CCC2CC(OCc2c(-c4c(F)cccc4F)c[nH]c2C2CC2)C3)n1. The molecule has 2 N–H and O–H groups in total. The molecule has 1 aromatic carbocycles. The highest BCUT2D eigenvalue weighted by Crippen LogP contribution is 2.45. The molecule has 2 bridgehead atoms. The van der Waals surface area contributed by atoms with Crippen LogP contribution in [0.15, 0.2) is 30.5 Å². The summed E-state index contributed by atoms with van der Waals surface area (Å²) in [7, 11) is 0. The molecule has 36 heavy (non-hydrogen) atoms. The Labute approximate surface area is 207 Å². The molecule has 2 saturated heterocycles. The molecule has 4 heterocycles. The molecule has 6 rings (SSSR count). The van der Waals surface area contributed by atoms with Crippen LogP contribution in [0, 0.1) is 18.6 Å². The highest BCUT2D eigenvalue weighted by Gasteiger charge is 2.43. The van der Waals surface area contributed by atoms with Gasteiger partial charge in [-0.25, -0.2) is 23.5 Å². The summed E-state index contributed by atoms with van der Waals surface area (Å²) in [4.78, 5) is 25.8.